The van der Waals surface area contributed by atoms with Crippen molar-refractivity contribution in [3.8, 4) is 22.6 Å². The number of hydrogen-bond donors (Lipinski definition) is 1. The molecule has 1 aliphatic heterocycles. The predicted molar refractivity (Wildman–Crippen MR) is 190 cm³/mol. The number of amides is 2. The predicted octanol–water partition coefficient (Wildman–Crippen LogP) is 7.76. The van der Waals surface area contributed by atoms with Crippen molar-refractivity contribution in [3.05, 3.63) is 107 Å². The van der Waals surface area contributed by atoms with Gasteiger partial charge in [-0.2, -0.15) is 0 Å². The van der Waals surface area contributed by atoms with Gasteiger partial charge in [-0.25, -0.2) is 9.79 Å². The van der Waals surface area contributed by atoms with E-state index in [0.717, 1.165) is 56.3 Å². The maximum absolute atomic E-state index is 14.3. The van der Waals surface area contributed by atoms with E-state index in [1.165, 1.54) is 0 Å². The van der Waals surface area contributed by atoms with Gasteiger partial charge in [0.2, 0.25) is 5.91 Å². The zero-order valence-corrected chi connectivity index (χ0v) is 28.7. The second-order valence-corrected chi connectivity index (χ2v) is 13.0. The fourth-order valence-corrected chi connectivity index (χ4v) is 5.59. The Morgan fingerprint density at radius 1 is 0.896 bits per heavy atom. The summed E-state index contributed by atoms with van der Waals surface area (Å²) < 4.78 is 16.8. The van der Waals surface area contributed by atoms with Crippen LogP contribution in [0.15, 0.2) is 89.9 Å². The Bertz CT molecular complexity index is 1780. The number of aliphatic imine (C=N–C) groups is 1. The van der Waals surface area contributed by atoms with Crippen LogP contribution >= 0.6 is 0 Å². The molecule has 4 aromatic rings. The molecule has 2 amide bonds. The minimum Gasteiger partial charge on any atom is -0.497 e. The van der Waals surface area contributed by atoms with E-state index in [9.17, 15) is 9.59 Å². The molecule has 4 aromatic carbocycles. The van der Waals surface area contributed by atoms with Crippen molar-refractivity contribution in [1.29, 1.82) is 0 Å². The van der Waals surface area contributed by atoms with Crippen LogP contribution < -0.4 is 19.7 Å². The molecule has 0 aromatic heterocycles. The first-order valence-electron chi connectivity index (χ1n) is 16.0. The number of hydrogen-bond acceptors (Lipinski definition) is 7. The molecule has 0 saturated heterocycles. The summed E-state index contributed by atoms with van der Waals surface area (Å²) in [5, 5.41) is 2.75. The smallest absolute Gasteiger partial charge is 0.407 e. The molecular formula is C39H44N4O5. The summed E-state index contributed by atoms with van der Waals surface area (Å²) >= 11 is 0. The maximum atomic E-state index is 14.3. The average Bonchev–Trinajstić information content (AvgIpc) is 3.05. The van der Waals surface area contributed by atoms with Gasteiger partial charge in [-0.05, 0) is 111 Å². The van der Waals surface area contributed by atoms with Gasteiger partial charge >= 0.3 is 6.09 Å². The van der Waals surface area contributed by atoms with Crippen LogP contribution in [0, 0.1) is 13.8 Å². The quantitative estimate of drug-likeness (QED) is 0.189. The molecule has 5 rings (SSSR count). The summed E-state index contributed by atoms with van der Waals surface area (Å²) in [4.78, 5) is 34.9. The minimum absolute atomic E-state index is 0.124. The lowest BCUT2D eigenvalue weighted by Gasteiger charge is -2.36. The van der Waals surface area contributed by atoms with E-state index in [1.807, 2.05) is 106 Å². The third kappa shape index (κ3) is 8.53. The average molecular weight is 649 g/mol. The zero-order chi connectivity index (χ0) is 34.4. The molecule has 0 spiro atoms. The van der Waals surface area contributed by atoms with Gasteiger partial charge in [0.25, 0.3) is 0 Å². The third-order valence-electron chi connectivity index (χ3n) is 7.88. The second kappa shape index (κ2) is 14.6. The number of carbonyl (C=O) groups is 2. The molecule has 1 unspecified atom stereocenters. The maximum Gasteiger partial charge on any atom is 0.407 e. The molecule has 1 atom stereocenters. The summed E-state index contributed by atoms with van der Waals surface area (Å²) in [7, 11) is 3.39. The molecule has 0 radical (unpaired) electrons. The highest BCUT2D eigenvalue weighted by Crippen LogP contribution is 2.40. The van der Waals surface area contributed by atoms with Crippen molar-refractivity contribution in [2.24, 2.45) is 4.99 Å². The van der Waals surface area contributed by atoms with Crippen molar-refractivity contribution in [2.45, 2.75) is 52.9 Å². The molecule has 0 aliphatic carbocycles. The fraction of sp³-hybridized carbons (Fsp3) is 0.308. The van der Waals surface area contributed by atoms with Gasteiger partial charge in [-0.1, -0.05) is 36.4 Å². The first-order valence-corrected chi connectivity index (χ1v) is 16.0. The summed E-state index contributed by atoms with van der Waals surface area (Å²) in [6.45, 7) is 10.5. The highest BCUT2D eigenvalue weighted by molar-refractivity contribution is 5.99. The van der Waals surface area contributed by atoms with Gasteiger partial charge in [0.15, 0.2) is 0 Å². The Morgan fingerprint density at radius 2 is 1.60 bits per heavy atom. The molecule has 0 saturated carbocycles. The van der Waals surface area contributed by atoms with Crippen LogP contribution in [0.2, 0.25) is 0 Å². The summed E-state index contributed by atoms with van der Waals surface area (Å²) in [6, 6.07) is 27.3. The van der Waals surface area contributed by atoms with E-state index in [4.69, 9.17) is 19.2 Å². The number of carbonyl (C=O) groups excluding carboxylic acids is 2. The van der Waals surface area contributed by atoms with Crippen LogP contribution in [0.1, 0.15) is 49.1 Å². The number of alkyl carbamates (subject to hydrolysis) is 1. The number of nitrogens with one attached hydrogen (secondary N) is 1. The number of anilines is 1. The van der Waals surface area contributed by atoms with Crippen molar-refractivity contribution < 1.29 is 23.8 Å². The Labute approximate surface area is 283 Å². The first kappa shape index (κ1) is 34.0. The Morgan fingerprint density at radius 3 is 2.29 bits per heavy atom. The van der Waals surface area contributed by atoms with Gasteiger partial charge in [-0.15, -0.1) is 0 Å². The molecule has 250 valence electrons. The number of methoxy groups -OCH3 is 1. The minimum atomic E-state index is -0.681. The lowest BCUT2D eigenvalue weighted by Crippen LogP contribution is -2.45. The molecule has 9 nitrogen and oxygen atoms in total. The molecule has 0 bridgehead atoms. The van der Waals surface area contributed by atoms with Crippen molar-refractivity contribution >= 4 is 29.7 Å². The normalized spacial score (nSPS) is 13.8. The first-order chi connectivity index (χ1) is 22.9. The van der Waals surface area contributed by atoms with E-state index in [1.54, 1.807) is 25.4 Å². The van der Waals surface area contributed by atoms with Crippen LogP contribution in [0.4, 0.5) is 16.2 Å². The van der Waals surface area contributed by atoms with Crippen molar-refractivity contribution in [3.63, 3.8) is 0 Å². The third-order valence-corrected chi connectivity index (χ3v) is 7.88. The van der Waals surface area contributed by atoms with Crippen LogP contribution in [0.5, 0.6) is 11.5 Å². The Balaban J connectivity index is 1.42. The number of aryl methyl sites for hydroxylation is 2. The van der Waals surface area contributed by atoms with Crippen LogP contribution in [0.25, 0.3) is 11.1 Å². The van der Waals surface area contributed by atoms with Crippen LogP contribution in [-0.4, -0.2) is 56.1 Å². The number of ether oxygens (including phenoxy) is 3. The zero-order valence-electron chi connectivity index (χ0n) is 28.7. The highest BCUT2D eigenvalue weighted by atomic mass is 16.6. The molecule has 1 aliphatic rings. The second-order valence-electron chi connectivity index (χ2n) is 13.0. The number of rotatable bonds is 10. The van der Waals surface area contributed by atoms with Crippen LogP contribution in [-0.2, 0) is 16.1 Å². The van der Waals surface area contributed by atoms with Gasteiger partial charge in [0.1, 0.15) is 29.7 Å². The Hall–Kier alpha value is -5.31. The largest absolute Gasteiger partial charge is 0.497 e. The number of nitrogens with zero attached hydrogens (tertiary/aromatic N) is 3. The standard InChI is InChI=1S/C39H44N4O5/c1-26-19-27(2)21-31(20-26)43-25-41-35-16-13-30(29-9-8-10-33(22-29)47-24-28-11-14-32(46-7)15-12-28)23-34(35)36(43)37(44)42(6)18-17-40-38(45)48-39(3,4)5/h8-16,19-23,25,36H,17-18,24H2,1-7H3,(H,40,45). The molecule has 1 heterocycles. The molecule has 0 fully saturated rings. The lowest BCUT2D eigenvalue weighted by molar-refractivity contribution is -0.131. The Kier molecular flexibility index (Phi) is 10.4. The topological polar surface area (TPSA) is 92.7 Å². The number of fused-ring (bicyclic) bond motifs is 1. The monoisotopic (exact) mass is 648 g/mol. The fourth-order valence-electron chi connectivity index (χ4n) is 5.59. The molecule has 1 N–H and O–H groups in total. The van der Waals surface area contributed by atoms with Crippen molar-refractivity contribution in [1.82, 2.24) is 10.2 Å². The molecular weight excluding hydrogens is 604 g/mol. The van der Waals surface area contributed by atoms with E-state index in [-0.39, 0.29) is 12.5 Å². The summed E-state index contributed by atoms with van der Waals surface area (Å²) in [5.41, 5.74) is 6.89. The summed E-state index contributed by atoms with van der Waals surface area (Å²) in [5.74, 6) is 1.41. The van der Waals surface area contributed by atoms with E-state index >= 15 is 0 Å². The summed E-state index contributed by atoms with van der Waals surface area (Å²) in [6.07, 6.45) is 1.22. The van der Waals surface area contributed by atoms with E-state index < -0.39 is 17.7 Å². The van der Waals surface area contributed by atoms with E-state index in [2.05, 4.69) is 23.5 Å². The van der Waals surface area contributed by atoms with E-state index in [0.29, 0.717) is 13.2 Å². The number of likely N-dealkylation sites (N-methyl/N-ethyl adjacent to an activating group) is 1. The van der Waals surface area contributed by atoms with Gasteiger partial charge < -0.3 is 29.3 Å². The SMILES string of the molecule is COc1ccc(COc2cccc(-c3ccc4c(c3)C(C(=O)N(C)CCNC(=O)OC(C)(C)C)N(c3cc(C)cc(C)c3)C=N4)c2)cc1. The number of benzene rings is 4. The lowest BCUT2D eigenvalue weighted by atomic mass is 9.94. The molecule has 9 heteroatoms. The van der Waals surface area contributed by atoms with Gasteiger partial charge in [0, 0.05) is 31.4 Å². The van der Waals surface area contributed by atoms with Crippen LogP contribution in [0.3, 0.4) is 0 Å². The highest BCUT2D eigenvalue weighted by Gasteiger charge is 2.34. The van der Waals surface area contributed by atoms with Gasteiger partial charge in [0.05, 0.1) is 19.1 Å². The van der Waals surface area contributed by atoms with Gasteiger partial charge in [-0.3, -0.25) is 4.79 Å². The molecule has 48 heavy (non-hydrogen) atoms. The van der Waals surface area contributed by atoms with Crippen molar-refractivity contribution in [2.75, 3.05) is 32.1 Å².